The SMILES string of the molecule is CCCCCCCCCCCCCC(=O)O[C@H](CCCCCCCCCCC)CC(=O)O[C@H]1[C@H](OP(=O)(Oc2ccccc2)Oc2ccccc2)[C@@H](CO)OC(O)[C@@H]1NC(=O)C(O)CCCCCCCC. The number of esters is 2. The molecular weight excluding hydrogens is 926 g/mol. The van der Waals surface area contributed by atoms with Crippen LogP contribution in [0.2, 0.25) is 0 Å². The van der Waals surface area contributed by atoms with E-state index in [1.54, 1.807) is 36.4 Å². The minimum atomic E-state index is -4.79. The van der Waals surface area contributed by atoms with Gasteiger partial charge >= 0.3 is 19.8 Å². The summed E-state index contributed by atoms with van der Waals surface area (Å²) in [6.45, 7) is 5.73. The molecule has 0 bridgehead atoms. The number of ether oxygens (including phenoxy) is 3. The van der Waals surface area contributed by atoms with Gasteiger partial charge in [0.2, 0.25) is 5.91 Å². The Morgan fingerprint density at radius 2 is 1.04 bits per heavy atom. The first-order valence-electron chi connectivity index (χ1n) is 27.6. The number of unbranched alkanes of at least 4 members (excludes halogenated alkanes) is 23. The highest BCUT2D eigenvalue weighted by molar-refractivity contribution is 7.49. The van der Waals surface area contributed by atoms with Gasteiger partial charge in [-0.1, -0.05) is 211 Å². The highest BCUT2D eigenvalue weighted by Crippen LogP contribution is 2.52. The van der Waals surface area contributed by atoms with Gasteiger partial charge in [0.15, 0.2) is 12.4 Å². The lowest BCUT2D eigenvalue weighted by Crippen LogP contribution is -2.66. The summed E-state index contributed by atoms with van der Waals surface area (Å²) in [6.07, 6.45) is 19.2. The second-order valence-corrected chi connectivity index (χ2v) is 20.8. The molecule has 0 aliphatic carbocycles. The van der Waals surface area contributed by atoms with Gasteiger partial charge in [0.05, 0.1) is 13.0 Å². The summed E-state index contributed by atoms with van der Waals surface area (Å²) in [5, 5.41) is 35.7. The summed E-state index contributed by atoms with van der Waals surface area (Å²) in [5.41, 5.74) is 0. The Bertz CT molecular complexity index is 1680. The molecule has 0 radical (unpaired) electrons. The van der Waals surface area contributed by atoms with E-state index < -0.39 is 75.1 Å². The Hall–Kier alpha value is -3.52. The predicted octanol–water partition coefficient (Wildman–Crippen LogP) is 12.8. The van der Waals surface area contributed by atoms with E-state index in [4.69, 9.17) is 27.8 Å². The third-order valence-electron chi connectivity index (χ3n) is 13.0. The quantitative estimate of drug-likeness (QED) is 0.0279. The number of aliphatic hydroxyl groups excluding tert-OH is 3. The Morgan fingerprint density at radius 3 is 1.51 bits per heavy atom. The first-order chi connectivity index (χ1) is 34.5. The van der Waals surface area contributed by atoms with Gasteiger partial charge in [0.1, 0.15) is 42.0 Å². The molecule has 71 heavy (non-hydrogen) atoms. The van der Waals surface area contributed by atoms with E-state index in [1.165, 1.54) is 94.9 Å². The molecule has 7 atom stereocenters. The van der Waals surface area contributed by atoms with E-state index in [9.17, 15) is 34.3 Å². The molecule has 4 N–H and O–H groups in total. The van der Waals surface area contributed by atoms with Crippen LogP contribution in [0.5, 0.6) is 11.5 Å². The van der Waals surface area contributed by atoms with Gasteiger partial charge in [-0.15, -0.1) is 0 Å². The van der Waals surface area contributed by atoms with Crippen LogP contribution in [-0.2, 0) is 37.7 Å². The fourth-order valence-corrected chi connectivity index (χ4v) is 10.3. The van der Waals surface area contributed by atoms with E-state index in [1.807, 2.05) is 0 Å². The zero-order valence-corrected chi connectivity index (χ0v) is 44.5. The van der Waals surface area contributed by atoms with Gasteiger partial charge in [0, 0.05) is 6.42 Å². The van der Waals surface area contributed by atoms with Crippen molar-refractivity contribution >= 4 is 25.7 Å². The maximum Gasteiger partial charge on any atom is 0.588 e. The minimum absolute atomic E-state index is 0.106. The molecule has 1 heterocycles. The van der Waals surface area contributed by atoms with Crippen LogP contribution < -0.4 is 14.4 Å². The smallest absolute Gasteiger partial charge is 0.462 e. The van der Waals surface area contributed by atoms with Crippen molar-refractivity contribution in [3.63, 3.8) is 0 Å². The van der Waals surface area contributed by atoms with E-state index in [-0.39, 0.29) is 30.8 Å². The van der Waals surface area contributed by atoms with Crippen LogP contribution in [-0.4, -0.2) is 82.6 Å². The van der Waals surface area contributed by atoms with Gasteiger partial charge in [-0.2, -0.15) is 0 Å². The lowest BCUT2D eigenvalue weighted by Gasteiger charge is -2.44. The van der Waals surface area contributed by atoms with Gasteiger partial charge < -0.3 is 43.9 Å². The lowest BCUT2D eigenvalue weighted by molar-refractivity contribution is -0.256. The molecule has 404 valence electrons. The van der Waals surface area contributed by atoms with Crippen LogP contribution in [0.15, 0.2) is 60.7 Å². The number of hydrogen-bond donors (Lipinski definition) is 4. The molecule has 0 spiro atoms. The molecule has 2 aromatic carbocycles. The van der Waals surface area contributed by atoms with Gasteiger partial charge in [-0.05, 0) is 49.9 Å². The summed E-state index contributed by atoms with van der Waals surface area (Å²) >= 11 is 0. The maximum atomic E-state index is 14.8. The van der Waals surface area contributed by atoms with Crippen LogP contribution in [0.3, 0.4) is 0 Å². The third kappa shape index (κ3) is 26.8. The van der Waals surface area contributed by atoms with Crippen molar-refractivity contribution in [2.24, 2.45) is 0 Å². The van der Waals surface area contributed by atoms with Crippen molar-refractivity contribution in [3.8, 4) is 11.5 Å². The van der Waals surface area contributed by atoms with Crippen LogP contribution in [0.4, 0.5) is 0 Å². The average molecular weight is 1020 g/mol. The highest BCUT2D eigenvalue weighted by atomic mass is 31.2. The molecule has 1 saturated heterocycles. The van der Waals surface area contributed by atoms with E-state index in [0.29, 0.717) is 25.7 Å². The lowest BCUT2D eigenvalue weighted by atomic mass is 9.96. The maximum absolute atomic E-state index is 14.8. The van der Waals surface area contributed by atoms with Gasteiger partial charge in [0.25, 0.3) is 0 Å². The van der Waals surface area contributed by atoms with Gasteiger partial charge in [-0.25, -0.2) is 4.57 Å². The Balaban J connectivity index is 1.84. The summed E-state index contributed by atoms with van der Waals surface area (Å²) in [6, 6.07) is 14.6. The Labute approximate surface area is 426 Å². The molecule has 15 heteroatoms. The summed E-state index contributed by atoms with van der Waals surface area (Å²) in [4.78, 5) is 41.3. The molecular formula is C56H92NO13P. The fourth-order valence-electron chi connectivity index (χ4n) is 8.88. The van der Waals surface area contributed by atoms with Crippen molar-refractivity contribution in [1.82, 2.24) is 5.32 Å². The number of nitrogens with one attached hydrogen (secondary N) is 1. The number of carbonyl (C=O) groups excluding carboxylic acids is 3. The van der Waals surface area contributed by atoms with E-state index >= 15 is 0 Å². The summed E-state index contributed by atoms with van der Waals surface area (Å²) in [7, 11) is -4.79. The molecule has 2 aromatic rings. The minimum Gasteiger partial charge on any atom is -0.462 e. The van der Waals surface area contributed by atoms with Crippen LogP contribution >= 0.6 is 7.82 Å². The number of hydrogen-bond acceptors (Lipinski definition) is 13. The van der Waals surface area contributed by atoms with Crippen molar-refractivity contribution in [2.45, 2.75) is 256 Å². The van der Waals surface area contributed by atoms with E-state index in [2.05, 4.69) is 26.1 Å². The van der Waals surface area contributed by atoms with E-state index in [0.717, 1.165) is 77.0 Å². The number of benzene rings is 2. The third-order valence-corrected chi connectivity index (χ3v) is 14.4. The standard InChI is InChI=1S/C56H92NO13P/c1-4-7-10-13-16-18-19-21-23-26-35-42-50(60)65-47(40-29-24-22-20-17-14-11-8-5-2)43-51(61)67-54-52(57-55(62)48(59)41-34-25-15-12-9-6-3)56(63)66-49(44-58)53(54)70-71(64,68-45-36-30-27-31-37-45)69-46-38-32-28-33-39-46/h27-28,30-33,36-39,47-49,52-54,56,58-59,63H,4-26,29,34-35,40-44H2,1-3H3,(H,57,62)/t47-,48?,49-,52-,53-,54-,56?/m1/s1. The number of amides is 1. The van der Waals surface area contributed by atoms with Crippen molar-refractivity contribution in [2.75, 3.05) is 6.61 Å². The Morgan fingerprint density at radius 1 is 0.606 bits per heavy atom. The number of phosphoric ester groups is 1. The highest BCUT2D eigenvalue weighted by Gasteiger charge is 2.53. The van der Waals surface area contributed by atoms with Crippen LogP contribution in [0, 0.1) is 0 Å². The molecule has 2 unspecified atom stereocenters. The molecule has 1 aliphatic rings. The second kappa shape index (κ2) is 38.1. The molecule has 3 rings (SSSR count). The normalized spacial score (nSPS) is 18.9. The molecule has 14 nitrogen and oxygen atoms in total. The molecule has 1 amide bonds. The molecule has 0 aromatic heterocycles. The van der Waals surface area contributed by atoms with Gasteiger partial charge in [-0.3, -0.25) is 18.9 Å². The predicted molar refractivity (Wildman–Crippen MR) is 278 cm³/mol. The molecule has 1 fully saturated rings. The number of aliphatic hydroxyl groups is 3. The summed E-state index contributed by atoms with van der Waals surface area (Å²) < 4.78 is 50.7. The molecule has 1 aliphatic heterocycles. The van der Waals surface area contributed by atoms with Crippen LogP contribution in [0.25, 0.3) is 0 Å². The number of rotatable bonds is 42. The largest absolute Gasteiger partial charge is 0.588 e. The first-order valence-corrected chi connectivity index (χ1v) is 29.1. The zero-order valence-electron chi connectivity index (χ0n) is 43.6. The topological polar surface area (TPSA) is 196 Å². The summed E-state index contributed by atoms with van der Waals surface area (Å²) in [5.74, 6) is -1.92. The zero-order chi connectivity index (χ0) is 51.4. The van der Waals surface area contributed by atoms with Crippen molar-refractivity contribution in [3.05, 3.63) is 60.7 Å². The second-order valence-electron chi connectivity index (χ2n) is 19.4. The number of carbonyl (C=O) groups is 3. The Kier molecular flexibility index (Phi) is 33.2. The van der Waals surface area contributed by atoms with Crippen LogP contribution in [0.1, 0.15) is 213 Å². The van der Waals surface area contributed by atoms with Crippen molar-refractivity contribution in [1.29, 1.82) is 0 Å². The van der Waals surface area contributed by atoms with Crippen molar-refractivity contribution < 1.29 is 62.1 Å². The number of para-hydroxylation sites is 2. The average Bonchev–Trinajstić information content (AvgIpc) is 3.35. The molecule has 0 saturated carbocycles. The fraction of sp³-hybridized carbons (Fsp3) is 0.732. The monoisotopic (exact) mass is 1020 g/mol. The first kappa shape index (κ1) is 61.8. The number of phosphoric acid groups is 1.